The first-order valence-electron chi connectivity index (χ1n) is 7.49. The Morgan fingerprint density at radius 3 is 2.31 bits per heavy atom. The van der Waals surface area contributed by atoms with Crippen molar-refractivity contribution in [2.75, 3.05) is 6.54 Å². The van der Waals surface area contributed by atoms with Crippen LogP contribution in [-0.2, 0) is 0 Å². The third-order valence-electron chi connectivity index (χ3n) is 5.02. The molecule has 0 aromatic carbocycles. The highest BCUT2D eigenvalue weighted by Gasteiger charge is 2.24. The molecular formula is C15H29N. The van der Waals surface area contributed by atoms with Crippen LogP contribution < -0.4 is 5.32 Å². The molecule has 1 heteroatoms. The van der Waals surface area contributed by atoms with E-state index in [-0.39, 0.29) is 0 Å². The summed E-state index contributed by atoms with van der Waals surface area (Å²) in [6.45, 7) is 6.15. The monoisotopic (exact) mass is 223 g/mol. The van der Waals surface area contributed by atoms with Gasteiger partial charge in [0.25, 0.3) is 0 Å². The zero-order valence-electron chi connectivity index (χ0n) is 11.2. The maximum atomic E-state index is 3.84. The molecule has 1 N–H and O–H groups in total. The fourth-order valence-electron chi connectivity index (χ4n) is 3.46. The summed E-state index contributed by atoms with van der Waals surface area (Å²) in [5.41, 5.74) is 0. The van der Waals surface area contributed by atoms with Gasteiger partial charge in [-0.1, -0.05) is 33.1 Å². The van der Waals surface area contributed by atoms with Gasteiger partial charge >= 0.3 is 0 Å². The van der Waals surface area contributed by atoms with Crippen LogP contribution in [0.2, 0.25) is 0 Å². The van der Waals surface area contributed by atoms with Crippen LogP contribution in [0.25, 0.3) is 0 Å². The molecule has 2 fully saturated rings. The van der Waals surface area contributed by atoms with Crippen molar-refractivity contribution in [2.24, 2.45) is 17.8 Å². The summed E-state index contributed by atoms with van der Waals surface area (Å²) in [6, 6.07) is 0.827. The molecule has 94 valence electrons. The summed E-state index contributed by atoms with van der Waals surface area (Å²) < 4.78 is 0. The standard InChI is InChI=1S/C15H29N/c1-12-8-9-15(10-13(12)2)16-11-14-6-4-3-5-7-14/h12-16H,3-11H2,1-2H3. The van der Waals surface area contributed by atoms with Gasteiger partial charge in [-0.25, -0.2) is 0 Å². The highest BCUT2D eigenvalue weighted by atomic mass is 14.9. The summed E-state index contributed by atoms with van der Waals surface area (Å²) in [4.78, 5) is 0. The van der Waals surface area contributed by atoms with Gasteiger partial charge in [-0.2, -0.15) is 0 Å². The second kappa shape index (κ2) is 6.05. The molecule has 0 aliphatic heterocycles. The second-order valence-electron chi connectivity index (χ2n) is 6.38. The molecule has 3 atom stereocenters. The third kappa shape index (κ3) is 3.48. The van der Waals surface area contributed by atoms with Crippen LogP contribution in [0.4, 0.5) is 0 Å². The lowest BCUT2D eigenvalue weighted by Crippen LogP contribution is -2.39. The van der Waals surface area contributed by atoms with Crippen molar-refractivity contribution < 1.29 is 0 Å². The van der Waals surface area contributed by atoms with E-state index in [2.05, 4.69) is 19.2 Å². The van der Waals surface area contributed by atoms with E-state index >= 15 is 0 Å². The van der Waals surface area contributed by atoms with Crippen LogP contribution in [0.15, 0.2) is 0 Å². The molecule has 2 rings (SSSR count). The van der Waals surface area contributed by atoms with E-state index in [1.54, 1.807) is 0 Å². The van der Waals surface area contributed by atoms with Crippen LogP contribution in [-0.4, -0.2) is 12.6 Å². The molecule has 0 amide bonds. The Morgan fingerprint density at radius 1 is 0.875 bits per heavy atom. The summed E-state index contributed by atoms with van der Waals surface area (Å²) in [7, 11) is 0. The van der Waals surface area contributed by atoms with Gasteiger partial charge in [-0.15, -0.1) is 0 Å². The van der Waals surface area contributed by atoms with E-state index in [0.29, 0.717) is 0 Å². The summed E-state index contributed by atoms with van der Waals surface area (Å²) in [6.07, 6.45) is 11.6. The molecule has 0 spiro atoms. The van der Waals surface area contributed by atoms with Gasteiger partial charge < -0.3 is 5.32 Å². The quantitative estimate of drug-likeness (QED) is 0.763. The van der Waals surface area contributed by atoms with Crippen molar-refractivity contribution in [2.45, 2.75) is 71.3 Å². The first kappa shape index (κ1) is 12.4. The molecule has 16 heavy (non-hydrogen) atoms. The van der Waals surface area contributed by atoms with Crippen molar-refractivity contribution in [1.82, 2.24) is 5.32 Å². The number of rotatable bonds is 3. The zero-order valence-corrected chi connectivity index (χ0v) is 11.2. The Morgan fingerprint density at radius 2 is 1.62 bits per heavy atom. The van der Waals surface area contributed by atoms with Crippen molar-refractivity contribution in [3.63, 3.8) is 0 Å². The molecule has 0 aromatic heterocycles. The zero-order chi connectivity index (χ0) is 11.4. The lowest BCUT2D eigenvalue weighted by Gasteiger charge is -2.34. The van der Waals surface area contributed by atoms with E-state index in [1.165, 1.54) is 57.9 Å². The van der Waals surface area contributed by atoms with Crippen LogP contribution in [0.5, 0.6) is 0 Å². The van der Waals surface area contributed by atoms with Gasteiger partial charge in [-0.3, -0.25) is 0 Å². The second-order valence-corrected chi connectivity index (χ2v) is 6.38. The first-order valence-corrected chi connectivity index (χ1v) is 7.49. The van der Waals surface area contributed by atoms with Crippen molar-refractivity contribution >= 4 is 0 Å². The Bertz CT molecular complexity index is 196. The predicted molar refractivity (Wildman–Crippen MR) is 70.5 cm³/mol. The van der Waals surface area contributed by atoms with E-state index in [1.807, 2.05) is 0 Å². The largest absolute Gasteiger partial charge is 0.314 e. The van der Waals surface area contributed by atoms with Crippen LogP contribution >= 0.6 is 0 Å². The van der Waals surface area contributed by atoms with Crippen LogP contribution in [0, 0.1) is 17.8 Å². The summed E-state index contributed by atoms with van der Waals surface area (Å²) in [5, 5.41) is 3.84. The average molecular weight is 223 g/mol. The molecule has 2 saturated carbocycles. The van der Waals surface area contributed by atoms with E-state index < -0.39 is 0 Å². The van der Waals surface area contributed by atoms with Gasteiger partial charge in [0.2, 0.25) is 0 Å². The molecule has 0 heterocycles. The van der Waals surface area contributed by atoms with Crippen molar-refractivity contribution in [3.8, 4) is 0 Å². The van der Waals surface area contributed by atoms with Crippen molar-refractivity contribution in [3.05, 3.63) is 0 Å². The fourth-order valence-corrected chi connectivity index (χ4v) is 3.46. The Kier molecular flexibility index (Phi) is 4.69. The van der Waals surface area contributed by atoms with Crippen LogP contribution in [0.3, 0.4) is 0 Å². The first-order chi connectivity index (χ1) is 7.75. The molecule has 0 aromatic rings. The van der Waals surface area contributed by atoms with E-state index in [9.17, 15) is 0 Å². The molecule has 0 saturated heterocycles. The maximum Gasteiger partial charge on any atom is 0.00699 e. The van der Waals surface area contributed by atoms with Gasteiger partial charge in [-0.05, 0) is 56.4 Å². The Hall–Kier alpha value is -0.0400. The molecule has 0 radical (unpaired) electrons. The topological polar surface area (TPSA) is 12.0 Å². The van der Waals surface area contributed by atoms with Gasteiger partial charge in [0.1, 0.15) is 0 Å². The minimum absolute atomic E-state index is 0.827. The van der Waals surface area contributed by atoms with Gasteiger partial charge in [0.05, 0.1) is 0 Å². The lowest BCUT2D eigenvalue weighted by molar-refractivity contribution is 0.214. The smallest absolute Gasteiger partial charge is 0.00699 e. The van der Waals surface area contributed by atoms with Crippen LogP contribution in [0.1, 0.15) is 65.2 Å². The fraction of sp³-hybridized carbons (Fsp3) is 1.00. The molecule has 1 nitrogen and oxygen atoms in total. The minimum Gasteiger partial charge on any atom is -0.314 e. The maximum absolute atomic E-state index is 3.84. The number of hydrogen-bond donors (Lipinski definition) is 1. The molecule has 3 unspecified atom stereocenters. The van der Waals surface area contributed by atoms with Gasteiger partial charge in [0.15, 0.2) is 0 Å². The minimum atomic E-state index is 0.827. The van der Waals surface area contributed by atoms with E-state index in [0.717, 1.165) is 23.8 Å². The SMILES string of the molecule is CC1CCC(NCC2CCCCC2)CC1C. The van der Waals surface area contributed by atoms with Crippen molar-refractivity contribution in [1.29, 1.82) is 0 Å². The summed E-state index contributed by atoms with van der Waals surface area (Å²) >= 11 is 0. The number of hydrogen-bond acceptors (Lipinski definition) is 1. The summed E-state index contributed by atoms with van der Waals surface area (Å²) in [5.74, 6) is 2.87. The Balaban J connectivity index is 1.65. The molecular weight excluding hydrogens is 194 g/mol. The lowest BCUT2D eigenvalue weighted by atomic mass is 9.79. The highest BCUT2D eigenvalue weighted by Crippen LogP contribution is 2.30. The Labute approximate surface area is 101 Å². The number of nitrogens with one attached hydrogen (secondary N) is 1. The average Bonchev–Trinajstić information content (AvgIpc) is 2.32. The molecule has 2 aliphatic rings. The molecule has 0 bridgehead atoms. The third-order valence-corrected chi connectivity index (χ3v) is 5.02. The van der Waals surface area contributed by atoms with E-state index in [4.69, 9.17) is 0 Å². The normalized spacial score (nSPS) is 37.5. The predicted octanol–water partition coefficient (Wildman–Crippen LogP) is 3.98. The molecule has 2 aliphatic carbocycles. The van der Waals surface area contributed by atoms with Gasteiger partial charge in [0, 0.05) is 6.04 Å². The highest BCUT2D eigenvalue weighted by molar-refractivity contribution is 4.81.